The smallest absolute Gasteiger partial charge is 0.303 e. The number of amides is 1. The number of anilines is 1. The van der Waals surface area contributed by atoms with Crippen LogP contribution in [-0.4, -0.2) is 28.6 Å². The lowest BCUT2D eigenvalue weighted by atomic mass is 10.2. The predicted octanol–water partition coefficient (Wildman–Crippen LogP) is 4.90. The van der Waals surface area contributed by atoms with Crippen molar-refractivity contribution in [3.63, 3.8) is 0 Å². The summed E-state index contributed by atoms with van der Waals surface area (Å²) in [5.74, 6) is -4.59. The van der Waals surface area contributed by atoms with Gasteiger partial charge in [-0.3, -0.25) is 9.59 Å². The maximum atomic E-state index is 14.0. The largest absolute Gasteiger partial charge is 0.494 e. The highest BCUT2D eigenvalue weighted by atomic mass is 32.1. The number of rotatable bonds is 9. The summed E-state index contributed by atoms with van der Waals surface area (Å²) in [7, 11) is 0. The van der Waals surface area contributed by atoms with Crippen LogP contribution in [0.4, 0.5) is 18.9 Å². The van der Waals surface area contributed by atoms with Gasteiger partial charge < -0.3 is 14.7 Å². The van der Waals surface area contributed by atoms with E-state index in [4.69, 9.17) is 9.84 Å². The highest BCUT2D eigenvalue weighted by Gasteiger charge is 2.22. The molecule has 0 aliphatic heterocycles. The zero-order chi connectivity index (χ0) is 22.5. The van der Waals surface area contributed by atoms with Crippen molar-refractivity contribution >= 4 is 39.1 Å². The minimum Gasteiger partial charge on any atom is -0.494 e. The molecule has 1 aromatic heterocycles. The number of benzene rings is 2. The van der Waals surface area contributed by atoms with E-state index >= 15 is 0 Å². The van der Waals surface area contributed by atoms with Gasteiger partial charge in [-0.2, -0.15) is 0 Å². The van der Waals surface area contributed by atoms with Gasteiger partial charge in [0.1, 0.15) is 22.1 Å². The lowest BCUT2D eigenvalue weighted by Gasteiger charge is -2.22. The minimum atomic E-state index is -1.35. The Morgan fingerprint density at radius 3 is 2.48 bits per heavy atom. The second-order valence-electron chi connectivity index (χ2n) is 6.66. The van der Waals surface area contributed by atoms with Crippen molar-refractivity contribution < 1.29 is 32.6 Å². The number of thiazole rings is 1. The quantitative estimate of drug-likeness (QED) is 0.467. The standard InChI is InChI=1S/C21H19F3N2O4S/c1-2-9-30-13-5-3-12(4-6-13)26(17(27)7-8-18(28)29)11-16-25-20-19(24)14(22)10-15(23)21(20)31-16/h3-6,10H,2,7-9,11H2,1H3,(H,28,29). The number of halogens is 3. The number of carbonyl (C=O) groups excluding carboxylic acids is 1. The Balaban J connectivity index is 1.92. The summed E-state index contributed by atoms with van der Waals surface area (Å²) < 4.78 is 46.9. The van der Waals surface area contributed by atoms with Gasteiger partial charge in [-0.05, 0) is 30.7 Å². The molecule has 3 aromatic rings. The first-order chi connectivity index (χ1) is 14.8. The number of aliphatic carboxylic acids is 1. The molecule has 0 aliphatic rings. The van der Waals surface area contributed by atoms with Crippen LogP contribution in [0.5, 0.6) is 5.75 Å². The van der Waals surface area contributed by atoms with E-state index in [0.29, 0.717) is 24.1 Å². The van der Waals surface area contributed by atoms with Gasteiger partial charge in [0.25, 0.3) is 0 Å². The van der Waals surface area contributed by atoms with Gasteiger partial charge >= 0.3 is 5.97 Å². The number of carboxylic acid groups (broad SMARTS) is 1. The average molecular weight is 452 g/mol. The molecule has 1 N–H and O–H groups in total. The van der Waals surface area contributed by atoms with Crippen molar-refractivity contribution in [1.29, 1.82) is 0 Å². The first-order valence-corrected chi connectivity index (χ1v) is 10.3. The predicted molar refractivity (Wildman–Crippen MR) is 110 cm³/mol. The minimum absolute atomic E-state index is 0.157. The monoisotopic (exact) mass is 452 g/mol. The van der Waals surface area contributed by atoms with Crippen LogP contribution in [0.2, 0.25) is 0 Å². The third kappa shape index (κ3) is 5.32. The first-order valence-electron chi connectivity index (χ1n) is 9.48. The molecule has 1 heterocycles. The fraction of sp³-hybridized carbons (Fsp3) is 0.286. The number of ether oxygens (including phenoxy) is 1. The molecule has 0 atom stereocenters. The summed E-state index contributed by atoms with van der Waals surface area (Å²) in [5, 5.41) is 9.06. The molecular weight excluding hydrogens is 433 g/mol. The lowest BCUT2D eigenvalue weighted by molar-refractivity contribution is -0.138. The zero-order valence-corrected chi connectivity index (χ0v) is 17.3. The van der Waals surface area contributed by atoms with Gasteiger partial charge in [-0.15, -0.1) is 11.3 Å². The molecule has 0 fully saturated rings. The highest BCUT2D eigenvalue weighted by molar-refractivity contribution is 7.18. The number of carboxylic acids is 1. The summed E-state index contributed by atoms with van der Waals surface area (Å²) in [5.41, 5.74) is -0.00985. The second-order valence-corrected chi connectivity index (χ2v) is 7.74. The Kier molecular flexibility index (Phi) is 7.11. The molecule has 31 heavy (non-hydrogen) atoms. The van der Waals surface area contributed by atoms with E-state index in [2.05, 4.69) is 4.98 Å². The Hall–Kier alpha value is -3.14. The number of hydrogen-bond donors (Lipinski definition) is 1. The third-order valence-corrected chi connectivity index (χ3v) is 5.38. The molecular formula is C21H19F3N2O4S. The Bertz CT molecular complexity index is 1100. The zero-order valence-electron chi connectivity index (χ0n) is 16.5. The Morgan fingerprint density at radius 2 is 1.84 bits per heavy atom. The van der Waals surface area contributed by atoms with Gasteiger partial charge in [-0.1, -0.05) is 6.92 Å². The molecule has 164 valence electrons. The van der Waals surface area contributed by atoms with E-state index in [1.54, 1.807) is 24.3 Å². The normalized spacial score (nSPS) is 11.0. The van der Waals surface area contributed by atoms with Crippen molar-refractivity contribution in [3.05, 3.63) is 52.8 Å². The molecule has 1 amide bonds. The number of fused-ring (bicyclic) bond motifs is 1. The van der Waals surface area contributed by atoms with Crippen LogP contribution in [0.15, 0.2) is 30.3 Å². The van der Waals surface area contributed by atoms with E-state index < -0.39 is 34.8 Å². The summed E-state index contributed by atoms with van der Waals surface area (Å²) in [6.07, 6.45) is 0.180. The third-order valence-electron chi connectivity index (χ3n) is 4.33. The summed E-state index contributed by atoms with van der Waals surface area (Å²) in [6.45, 7) is 2.33. The first kappa shape index (κ1) is 22.5. The fourth-order valence-electron chi connectivity index (χ4n) is 2.85. The van der Waals surface area contributed by atoms with Crippen molar-refractivity contribution in [2.75, 3.05) is 11.5 Å². The van der Waals surface area contributed by atoms with Crippen LogP contribution < -0.4 is 9.64 Å². The van der Waals surface area contributed by atoms with E-state index in [-0.39, 0.29) is 29.1 Å². The number of hydrogen-bond acceptors (Lipinski definition) is 5. The van der Waals surface area contributed by atoms with Crippen LogP contribution in [0.25, 0.3) is 10.2 Å². The molecule has 0 aliphatic carbocycles. The van der Waals surface area contributed by atoms with E-state index in [0.717, 1.165) is 17.8 Å². The van der Waals surface area contributed by atoms with Crippen LogP contribution in [0, 0.1) is 17.5 Å². The molecule has 10 heteroatoms. The fourth-order valence-corrected chi connectivity index (χ4v) is 3.80. The van der Waals surface area contributed by atoms with E-state index in [9.17, 15) is 22.8 Å². The van der Waals surface area contributed by atoms with Crippen molar-refractivity contribution in [2.24, 2.45) is 0 Å². The number of nitrogens with zero attached hydrogens (tertiary/aromatic N) is 2. The van der Waals surface area contributed by atoms with Crippen molar-refractivity contribution in [3.8, 4) is 5.75 Å². The molecule has 0 radical (unpaired) electrons. The van der Waals surface area contributed by atoms with Gasteiger partial charge in [0.2, 0.25) is 5.91 Å². The van der Waals surface area contributed by atoms with Crippen molar-refractivity contribution in [2.45, 2.75) is 32.7 Å². The molecule has 0 saturated carbocycles. The van der Waals surface area contributed by atoms with Gasteiger partial charge in [-0.25, -0.2) is 18.2 Å². The van der Waals surface area contributed by atoms with Crippen LogP contribution >= 0.6 is 11.3 Å². The van der Waals surface area contributed by atoms with Crippen molar-refractivity contribution in [1.82, 2.24) is 4.98 Å². The SMILES string of the molecule is CCCOc1ccc(N(Cc2nc3c(F)c(F)cc(F)c3s2)C(=O)CCC(=O)O)cc1. The van der Waals surface area contributed by atoms with Gasteiger partial charge in [0.15, 0.2) is 11.6 Å². The van der Waals surface area contributed by atoms with Gasteiger partial charge in [0, 0.05) is 18.2 Å². The number of carbonyl (C=O) groups is 2. The van der Waals surface area contributed by atoms with Gasteiger partial charge in [0.05, 0.1) is 24.3 Å². The number of aromatic nitrogens is 1. The summed E-state index contributed by atoms with van der Waals surface area (Å²) in [6, 6.07) is 7.02. The molecule has 0 saturated heterocycles. The highest BCUT2D eigenvalue weighted by Crippen LogP contribution is 2.31. The van der Waals surface area contributed by atoms with E-state index in [1.807, 2.05) is 6.92 Å². The van der Waals surface area contributed by atoms with Crippen LogP contribution in [0.3, 0.4) is 0 Å². The molecule has 3 rings (SSSR count). The summed E-state index contributed by atoms with van der Waals surface area (Å²) >= 11 is 0.798. The Labute approximate surface area is 179 Å². The molecule has 0 bridgehead atoms. The second kappa shape index (κ2) is 9.78. The van der Waals surface area contributed by atoms with Crippen LogP contribution in [0.1, 0.15) is 31.2 Å². The molecule has 0 unspecified atom stereocenters. The topological polar surface area (TPSA) is 79.7 Å². The maximum Gasteiger partial charge on any atom is 0.303 e. The molecule has 6 nitrogen and oxygen atoms in total. The van der Waals surface area contributed by atoms with Crippen LogP contribution in [-0.2, 0) is 16.1 Å². The molecule has 2 aromatic carbocycles. The Morgan fingerprint density at radius 1 is 1.13 bits per heavy atom. The molecule has 0 spiro atoms. The lowest BCUT2D eigenvalue weighted by Crippen LogP contribution is -2.30. The summed E-state index contributed by atoms with van der Waals surface area (Å²) in [4.78, 5) is 28.8. The average Bonchev–Trinajstić information content (AvgIpc) is 3.18. The maximum absolute atomic E-state index is 14.0. The van der Waals surface area contributed by atoms with E-state index in [1.165, 1.54) is 4.90 Å².